The van der Waals surface area contributed by atoms with E-state index in [2.05, 4.69) is 15.6 Å². The molecule has 0 heterocycles. The van der Waals surface area contributed by atoms with Crippen molar-refractivity contribution in [3.05, 3.63) is 35.6 Å². The Labute approximate surface area is 184 Å². The summed E-state index contributed by atoms with van der Waals surface area (Å²) >= 11 is 0. The zero-order valence-corrected chi connectivity index (χ0v) is 19.5. The highest BCUT2D eigenvalue weighted by atomic mass is 127. The van der Waals surface area contributed by atoms with Crippen LogP contribution in [0.3, 0.4) is 0 Å². The Hall–Kier alpha value is -1.42. The van der Waals surface area contributed by atoms with Crippen LogP contribution in [0.1, 0.15) is 37.4 Å². The number of nitrogens with zero attached hydrogens (tertiary/aromatic N) is 2. The van der Waals surface area contributed by atoms with Crippen molar-refractivity contribution in [1.29, 1.82) is 0 Å². The summed E-state index contributed by atoms with van der Waals surface area (Å²) in [6, 6.07) is 6.27. The van der Waals surface area contributed by atoms with Gasteiger partial charge in [-0.3, -0.25) is 9.79 Å². The summed E-state index contributed by atoms with van der Waals surface area (Å²) in [5.74, 6) is 0.521. The standard InChI is InChI=1S/C20H31FN4O2.HI/c1-22-19(23-13-17(27-4)15-7-9-16(21)10-8-15)24-14-20(11-5-6-12-20)18(26)25(2)3;/h7-10,17H,5-6,11-14H2,1-4H3,(H2,22,23,24);1H. The topological polar surface area (TPSA) is 66.0 Å². The zero-order valence-electron chi connectivity index (χ0n) is 17.1. The minimum atomic E-state index is -0.362. The first kappa shape index (κ1) is 24.6. The molecule has 6 nitrogen and oxygen atoms in total. The number of rotatable bonds is 7. The van der Waals surface area contributed by atoms with E-state index >= 15 is 0 Å². The molecule has 1 atom stereocenters. The summed E-state index contributed by atoms with van der Waals surface area (Å²) in [6.45, 7) is 1.04. The Morgan fingerprint density at radius 2 is 1.86 bits per heavy atom. The van der Waals surface area contributed by atoms with Gasteiger partial charge in [-0.15, -0.1) is 24.0 Å². The third-order valence-corrected chi connectivity index (χ3v) is 5.22. The van der Waals surface area contributed by atoms with Crippen molar-refractivity contribution in [2.75, 3.05) is 41.3 Å². The molecule has 0 bridgehead atoms. The van der Waals surface area contributed by atoms with E-state index in [4.69, 9.17) is 4.74 Å². The average molecular weight is 506 g/mol. The average Bonchev–Trinajstić information content (AvgIpc) is 3.15. The van der Waals surface area contributed by atoms with Gasteiger partial charge in [-0.2, -0.15) is 0 Å². The lowest BCUT2D eigenvalue weighted by atomic mass is 9.84. The first-order valence-electron chi connectivity index (χ1n) is 9.36. The molecule has 0 saturated heterocycles. The minimum absolute atomic E-state index is 0. The molecule has 1 fully saturated rings. The minimum Gasteiger partial charge on any atom is -0.375 e. The van der Waals surface area contributed by atoms with Gasteiger partial charge in [0.1, 0.15) is 5.82 Å². The normalized spacial score (nSPS) is 16.8. The van der Waals surface area contributed by atoms with E-state index in [1.54, 1.807) is 45.3 Å². The third kappa shape index (κ3) is 6.30. The van der Waals surface area contributed by atoms with Gasteiger partial charge < -0.3 is 20.3 Å². The Kier molecular flexibility index (Phi) is 10.2. The number of guanidine groups is 1. The van der Waals surface area contributed by atoms with Gasteiger partial charge in [-0.25, -0.2) is 4.39 Å². The number of aliphatic imine (C=N–C) groups is 1. The first-order chi connectivity index (χ1) is 12.9. The predicted octanol–water partition coefficient (Wildman–Crippen LogP) is 2.94. The molecule has 1 unspecified atom stereocenters. The van der Waals surface area contributed by atoms with E-state index < -0.39 is 0 Å². The molecule has 2 N–H and O–H groups in total. The maximum atomic E-state index is 13.1. The summed E-state index contributed by atoms with van der Waals surface area (Å²) < 4.78 is 18.6. The van der Waals surface area contributed by atoms with Crippen LogP contribution in [0.25, 0.3) is 0 Å². The molecule has 28 heavy (non-hydrogen) atoms. The fourth-order valence-electron chi connectivity index (χ4n) is 3.67. The molecule has 0 aliphatic heterocycles. The van der Waals surface area contributed by atoms with Crippen LogP contribution in [0.15, 0.2) is 29.3 Å². The molecule has 1 aromatic rings. The number of benzene rings is 1. The zero-order chi connectivity index (χ0) is 19.9. The number of nitrogens with one attached hydrogen (secondary N) is 2. The van der Waals surface area contributed by atoms with Gasteiger partial charge in [0.25, 0.3) is 0 Å². The Morgan fingerprint density at radius 3 is 2.36 bits per heavy atom. The van der Waals surface area contributed by atoms with E-state index in [0.29, 0.717) is 19.0 Å². The lowest BCUT2D eigenvalue weighted by molar-refractivity contribution is -0.138. The van der Waals surface area contributed by atoms with Crippen LogP contribution in [0, 0.1) is 11.2 Å². The van der Waals surface area contributed by atoms with E-state index in [1.807, 2.05) is 0 Å². The molecular weight excluding hydrogens is 474 g/mol. The van der Waals surface area contributed by atoms with Crippen molar-refractivity contribution in [1.82, 2.24) is 15.5 Å². The number of carbonyl (C=O) groups is 1. The summed E-state index contributed by atoms with van der Waals surface area (Å²) in [4.78, 5) is 18.6. The van der Waals surface area contributed by atoms with Crippen LogP contribution in [0.5, 0.6) is 0 Å². The Morgan fingerprint density at radius 1 is 1.25 bits per heavy atom. The lowest BCUT2D eigenvalue weighted by Gasteiger charge is -2.31. The van der Waals surface area contributed by atoms with E-state index in [1.165, 1.54) is 12.1 Å². The largest absolute Gasteiger partial charge is 0.375 e. The smallest absolute Gasteiger partial charge is 0.230 e. The van der Waals surface area contributed by atoms with Crippen LogP contribution in [-0.4, -0.2) is 58.1 Å². The Bertz CT molecular complexity index is 646. The maximum Gasteiger partial charge on any atom is 0.230 e. The highest BCUT2D eigenvalue weighted by Gasteiger charge is 2.42. The van der Waals surface area contributed by atoms with Crippen molar-refractivity contribution in [2.24, 2.45) is 10.4 Å². The van der Waals surface area contributed by atoms with Crippen LogP contribution >= 0.6 is 24.0 Å². The van der Waals surface area contributed by atoms with Crippen molar-refractivity contribution in [2.45, 2.75) is 31.8 Å². The number of carbonyl (C=O) groups excluding carboxylic acids is 1. The number of halogens is 2. The number of amides is 1. The highest BCUT2D eigenvalue weighted by Crippen LogP contribution is 2.38. The molecule has 158 valence electrons. The van der Waals surface area contributed by atoms with Crippen LogP contribution in [0.2, 0.25) is 0 Å². The predicted molar refractivity (Wildman–Crippen MR) is 121 cm³/mol. The molecule has 0 spiro atoms. The molecule has 1 aliphatic rings. The molecule has 1 aliphatic carbocycles. The van der Waals surface area contributed by atoms with Gasteiger partial charge in [-0.1, -0.05) is 25.0 Å². The molecule has 0 radical (unpaired) electrons. The molecule has 1 aromatic carbocycles. The molecular formula is C20H32FIN4O2. The van der Waals surface area contributed by atoms with Gasteiger partial charge in [0.2, 0.25) is 5.91 Å². The quantitative estimate of drug-likeness (QED) is 0.339. The van der Waals surface area contributed by atoms with Crippen molar-refractivity contribution < 1.29 is 13.9 Å². The second-order valence-electron chi connectivity index (χ2n) is 7.27. The van der Waals surface area contributed by atoms with Crippen LogP contribution < -0.4 is 10.6 Å². The number of ether oxygens (including phenoxy) is 1. The SMILES string of the molecule is CN=C(NCC(OC)c1ccc(F)cc1)NCC1(C(=O)N(C)C)CCCC1.I. The second kappa shape index (κ2) is 11.5. The molecule has 0 aromatic heterocycles. The van der Waals surface area contributed by atoms with Crippen molar-refractivity contribution in [3.63, 3.8) is 0 Å². The number of methoxy groups -OCH3 is 1. The van der Waals surface area contributed by atoms with Crippen LogP contribution in [0.4, 0.5) is 4.39 Å². The van der Waals surface area contributed by atoms with Gasteiger partial charge in [0.15, 0.2) is 5.96 Å². The monoisotopic (exact) mass is 506 g/mol. The second-order valence-corrected chi connectivity index (χ2v) is 7.27. The van der Waals surface area contributed by atoms with E-state index in [-0.39, 0.29) is 47.2 Å². The van der Waals surface area contributed by atoms with Gasteiger partial charge in [0, 0.05) is 41.3 Å². The van der Waals surface area contributed by atoms with E-state index in [0.717, 1.165) is 31.2 Å². The summed E-state index contributed by atoms with van der Waals surface area (Å²) in [6.07, 6.45) is 3.70. The van der Waals surface area contributed by atoms with Gasteiger partial charge in [0.05, 0.1) is 11.5 Å². The number of hydrogen-bond donors (Lipinski definition) is 2. The summed E-state index contributed by atoms with van der Waals surface area (Å²) in [5, 5.41) is 6.54. The number of hydrogen-bond acceptors (Lipinski definition) is 3. The molecule has 1 amide bonds. The highest BCUT2D eigenvalue weighted by molar-refractivity contribution is 14.0. The fourth-order valence-corrected chi connectivity index (χ4v) is 3.67. The van der Waals surface area contributed by atoms with Crippen molar-refractivity contribution in [3.8, 4) is 0 Å². The van der Waals surface area contributed by atoms with Crippen molar-refractivity contribution >= 4 is 35.8 Å². The van der Waals surface area contributed by atoms with Gasteiger partial charge in [-0.05, 0) is 30.5 Å². The maximum absolute atomic E-state index is 13.1. The Balaban J connectivity index is 0.00000392. The molecule has 2 rings (SSSR count). The van der Waals surface area contributed by atoms with E-state index in [9.17, 15) is 9.18 Å². The van der Waals surface area contributed by atoms with Crippen LogP contribution in [-0.2, 0) is 9.53 Å². The molecule has 1 saturated carbocycles. The molecule has 8 heteroatoms. The summed E-state index contributed by atoms with van der Waals surface area (Å²) in [5.41, 5.74) is 0.524. The summed E-state index contributed by atoms with van der Waals surface area (Å²) in [7, 11) is 6.93. The lowest BCUT2D eigenvalue weighted by Crippen LogP contribution is -2.49. The first-order valence-corrected chi connectivity index (χ1v) is 9.36. The fraction of sp³-hybridized carbons (Fsp3) is 0.600. The van der Waals surface area contributed by atoms with Gasteiger partial charge >= 0.3 is 0 Å². The third-order valence-electron chi connectivity index (χ3n) is 5.22.